The van der Waals surface area contributed by atoms with Gasteiger partial charge in [0.05, 0.1) is 44.2 Å². The average molecular weight is 470 g/mol. The number of nitrogens with zero attached hydrogens (tertiary/aromatic N) is 1. The van der Waals surface area contributed by atoms with Crippen molar-refractivity contribution >= 4 is 10.9 Å². The molecule has 2 N–H and O–H groups in total. The standard InChI is InChI=1S/C25H27FN2O6/c1-30-17-3-4-20-18(9-17)25(19(26)12-28-20)21(29)10-24-33-13-16(14-34-24)27-11-15-2-5-22-23(8-15)32-7-6-31-22/h2-5,8-9,12,16,21,24,27,29H,6-7,10-11,13-14H2,1H3/t16?,21-,24?/m0/s1. The molecular weight excluding hydrogens is 443 g/mol. The minimum absolute atomic E-state index is 0.00986. The Balaban J connectivity index is 1.16. The monoisotopic (exact) mass is 470 g/mol. The van der Waals surface area contributed by atoms with Gasteiger partial charge in [0.15, 0.2) is 17.8 Å². The minimum Gasteiger partial charge on any atom is -0.497 e. The van der Waals surface area contributed by atoms with E-state index in [9.17, 15) is 9.50 Å². The number of aromatic nitrogens is 1. The highest BCUT2D eigenvalue weighted by Gasteiger charge is 2.27. The van der Waals surface area contributed by atoms with Crippen molar-refractivity contribution in [3.8, 4) is 17.2 Å². The Labute approximate surface area is 196 Å². The van der Waals surface area contributed by atoms with Crippen molar-refractivity contribution in [1.82, 2.24) is 10.3 Å². The lowest BCUT2D eigenvalue weighted by molar-refractivity contribution is -0.202. The van der Waals surface area contributed by atoms with Gasteiger partial charge in [-0.1, -0.05) is 6.07 Å². The first-order chi connectivity index (χ1) is 16.6. The third-order valence-electron chi connectivity index (χ3n) is 5.99. The largest absolute Gasteiger partial charge is 0.497 e. The molecule has 0 spiro atoms. The Morgan fingerprint density at radius 1 is 1.12 bits per heavy atom. The summed E-state index contributed by atoms with van der Waals surface area (Å²) >= 11 is 0. The lowest BCUT2D eigenvalue weighted by atomic mass is 10.0. The van der Waals surface area contributed by atoms with Crippen molar-refractivity contribution in [2.24, 2.45) is 0 Å². The topological polar surface area (TPSA) is 91.3 Å². The molecule has 0 saturated carbocycles. The fourth-order valence-electron chi connectivity index (χ4n) is 4.19. The summed E-state index contributed by atoms with van der Waals surface area (Å²) in [6.45, 7) is 2.56. The summed E-state index contributed by atoms with van der Waals surface area (Å²) < 4.78 is 42.6. The highest BCUT2D eigenvalue weighted by Crippen LogP contribution is 2.33. The molecule has 0 amide bonds. The van der Waals surface area contributed by atoms with E-state index in [-0.39, 0.29) is 18.0 Å². The number of ether oxygens (including phenoxy) is 5. The van der Waals surface area contributed by atoms with Crippen LogP contribution in [0.15, 0.2) is 42.6 Å². The molecule has 0 radical (unpaired) electrons. The Hall–Kier alpha value is -2.98. The van der Waals surface area contributed by atoms with Gasteiger partial charge in [-0.3, -0.25) is 4.98 Å². The molecule has 1 fully saturated rings. The molecule has 1 atom stereocenters. The summed E-state index contributed by atoms with van der Waals surface area (Å²) in [5, 5.41) is 14.7. The van der Waals surface area contributed by atoms with Gasteiger partial charge in [0, 0.05) is 23.9 Å². The average Bonchev–Trinajstić information content (AvgIpc) is 2.87. The molecule has 1 saturated heterocycles. The summed E-state index contributed by atoms with van der Waals surface area (Å²) in [7, 11) is 1.53. The smallest absolute Gasteiger partial charge is 0.161 e. The number of fused-ring (bicyclic) bond motifs is 2. The zero-order chi connectivity index (χ0) is 23.5. The first kappa shape index (κ1) is 22.8. The van der Waals surface area contributed by atoms with Crippen LogP contribution in [0.1, 0.15) is 23.7 Å². The number of aliphatic hydroxyl groups is 1. The van der Waals surface area contributed by atoms with Gasteiger partial charge in [-0.25, -0.2) is 4.39 Å². The third kappa shape index (κ3) is 4.92. The van der Waals surface area contributed by atoms with Gasteiger partial charge in [0.1, 0.15) is 24.8 Å². The molecule has 0 aliphatic carbocycles. The Morgan fingerprint density at radius 2 is 1.91 bits per heavy atom. The first-order valence-electron chi connectivity index (χ1n) is 11.3. The molecule has 34 heavy (non-hydrogen) atoms. The van der Waals surface area contributed by atoms with Crippen LogP contribution in [0.3, 0.4) is 0 Å². The molecule has 2 aliphatic rings. The number of nitrogens with one attached hydrogen (secondary N) is 1. The second kappa shape index (κ2) is 10.1. The molecule has 9 heteroatoms. The summed E-state index contributed by atoms with van der Waals surface area (Å²) in [5.74, 6) is 1.50. The summed E-state index contributed by atoms with van der Waals surface area (Å²) in [6.07, 6.45) is -0.545. The summed E-state index contributed by atoms with van der Waals surface area (Å²) in [6, 6.07) is 11.0. The SMILES string of the molecule is COc1ccc2ncc(F)c([C@@H](O)CC3OCC(NCc4ccc5c(c4)OCCO5)CO3)c2c1. The molecule has 0 unspecified atom stereocenters. The number of aliphatic hydroxyl groups excluding tert-OH is 1. The molecule has 3 aromatic rings. The van der Waals surface area contributed by atoms with E-state index >= 15 is 0 Å². The number of rotatable bonds is 7. The van der Waals surface area contributed by atoms with E-state index in [1.54, 1.807) is 18.2 Å². The lowest BCUT2D eigenvalue weighted by Gasteiger charge is -2.31. The van der Waals surface area contributed by atoms with Crippen LogP contribution in [0.2, 0.25) is 0 Å². The van der Waals surface area contributed by atoms with Crippen LogP contribution in [0.4, 0.5) is 4.39 Å². The van der Waals surface area contributed by atoms with E-state index in [2.05, 4.69) is 10.3 Å². The van der Waals surface area contributed by atoms with Crippen LogP contribution in [-0.4, -0.2) is 56.0 Å². The van der Waals surface area contributed by atoms with Gasteiger partial charge >= 0.3 is 0 Å². The highest BCUT2D eigenvalue weighted by molar-refractivity contribution is 5.84. The number of methoxy groups -OCH3 is 1. The van der Waals surface area contributed by atoms with E-state index in [1.807, 2.05) is 18.2 Å². The Bertz CT molecular complexity index is 1150. The number of benzene rings is 2. The van der Waals surface area contributed by atoms with E-state index in [0.717, 1.165) is 23.3 Å². The quantitative estimate of drug-likeness (QED) is 0.545. The van der Waals surface area contributed by atoms with Gasteiger partial charge < -0.3 is 34.1 Å². The Kier molecular flexibility index (Phi) is 6.77. The fraction of sp³-hybridized carbons (Fsp3) is 0.400. The number of hydrogen-bond donors (Lipinski definition) is 2. The van der Waals surface area contributed by atoms with Crippen LogP contribution in [-0.2, 0) is 16.0 Å². The highest BCUT2D eigenvalue weighted by atomic mass is 19.1. The summed E-state index contributed by atoms with van der Waals surface area (Å²) in [5.41, 5.74) is 1.80. The molecule has 180 valence electrons. The van der Waals surface area contributed by atoms with E-state index in [4.69, 9.17) is 23.7 Å². The molecular formula is C25H27FN2O6. The van der Waals surface area contributed by atoms with Crippen LogP contribution in [0, 0.1) is 5.82 Å². The maximum absolute atomic E-state index is 14.6. The first-order valence-corrected chi connectivity index (χ1v) is 11.3. The van der Waals surface area contributed by atoms with Crippen LogP contribution < -0.4 is 19.5 Å². The van der Waals surface area contributed by atoms with Gasteiger partial charge in [0.2, 0.25) is 0 Å². The van der Waals surface area contributed by atoms with Crippen molar-refractivity contribution in [2.45, 2.75) is 31.4 Å². The second-order valence-corrected chi connectivity index (χ2v) is 8.31. The van der Waals surface area contributed by atoms with Crippen LogP contribution in [0.25, 0.3) is 10.9 Å². The summed E-state index contributed by atoms with van der Waals surface area (Å²) in [4.78, 5) is 4.10. The van der Waals surface area contributed by atoms with E-state index < -0.39 is 18.2 Å². The third-order valence-corrected chi connectivity index (χ3v) is 5.99. The molecule has 1 aromatic heterocycles. The number of pyridine rings is 1. The van der Waals surface area contributed by atoms with Crippen molar-refractivity contribution in [3.05, 3.63) is 59.5 Å². The molecule has 5 rings (SSSR count). The molecule has 2 aliphatic heterocycles. The minimum atomic E-state index is -1.12. The van der Waals surface area contributed by atoms with Crippen molar-refractivity contribution in [2.75, 3.05) is 33.5 Å². The predicted molar refractivity (Wildman–Crippen MR) is 122 cm³/mol. The predicted octanol–water partition coefficient (Wildman–Crippen LogP) is 3.11. The molecule has 8 nitrogen and oxygen atoms in total. The second-order valence-electron chi connectivity index (χ2n) is 8.31. The Morgan fingerprint density at radius 3 is 2.71 bits per heavy atom. The lowest BCUT2D eigenvalue weighted by Crippen LogP contribution is -2.44. The molecule has 2 aromatic carbocycles. The maximum atomic E-state index is 14.6. The van der Waals surface area contributed by atoms with Gasteiger partial charge in [0.25, 0.3) is 0 Å². The van der Waals surface area contributed by atoms with E-state index in [0.29, 0.717) is 49.6 Å². The van der Waals surface area contributed by atoms with Crippen molar-refractivity contribution in [3.63, 3.8) is 0 Å². The fourth-order valence-corrected chi connectivity index (χ4v) is 4.19. The van der Waals surface area contributed by atoms with Crippen molar-refractivity contribution < 1.29 is 33.2 Å². The van der Waals surface area contributed by atoms with Gasteiger partial charge in [-0.15, -0.1) is 0 Å². The van der Waals surface area contributed by atoms with Crippen LogP contribution in [0.5, 0.6) is 17.2 Å². The van der Waals surface area contributed by atoms with Crippen molar-refractivity contribution in [1.29, 1.82) is 0 Å². The van der Waals surface area contributed by atoms with Crippen LogP contribution >= 0.6 is 0 Å². The molecule has 0 bridgehead atoms. The molecule has 3 heterocycles. The zero-order valence-corrected chi connectivity index (χ0v) is 18.8. The maximum Gasteiger partial charge on any atom is 0.161 e. The van der Waals surface area contributed by atoms with E-state index in [1.165, 1.54) is 7.11 Å². The zero-order valence-electron chi connectivity index (χ0n) is 18.8. The number of halogens is 1. The van der Waals surface area contributed by atoms with Gasteiger partial charge in [-0.05, 0) is 35.9 Å². The number of hydrogen-bond acceptors (Lipinski definition) is 8. The normalized spacial score (nSPS) is 20.8. The van der Waals surface area contributed by atoms with Gasteiger partial charge in [-0.2, -0.15) is 0 Å².